The first-order chi connectivity index (χ1) is 7.73. The van der Waals surface area contributed by atoms with Crippen LogP contribution >= 0.6 is 0 Å². The highest BCUT2D eigenvalue weighted by Crippen LogP contribution is 2.34. The molecule has 0 fully saturated rings. The molecule has 0 aromatic heterocycles. The monoisotopic (exact) mass is 213 g/mol. The normalized spacial score (nSPS) is 16.1. The van der Waals surface area contributed by atoms with Crippen LogP contribution in [0.25, 0.3) is 6.08 Å². The van der Waals surface area contributed by atoms with E-state index in [2.05, 4.69) is 32.1 Å². The molecule has 2 heteroatoms. The minimum absolute atomic E-state index is 0.166. The maximum atomic E-state index is 8.82. The summed E-state index contributed by atoms with van der Waals surface area (Å²) in [6.07, 6.45) is 6.09. The van der Waals surface area contributed by atoms with Gasteiger partial charge in [0.05, 0.1) is 11.6 Å². The Morgan fingerprint density at radius 3 is 2.69 bits per heavy atom. The molecule has 1 aliphatic rings. The first-order valence-corrected chi connectivity index (χ1v) is 5.65. The van der Waals surface area contributed by atoms with Crippen LogP contribution in [0.3, 0.4) is 0 Å². The third-order valence-electron chi connectivity index (χ3n) is 3.22. The number of rotatable bonds is 2. The molecule has 1 aromatic rings. The molecule has 2 nitrogen and oxygen atoms in total. The predicted octanol–water partition coefficient (Wildman–Crippen LogP) is 3.52. The quantitative estimate of drug-likeness (QED) is 0.753. The summed E-state index contributed by atoms with van der Waals surface area (Å²) < 4.78 is 6.02. The van der Waals surface area contributed by atoms with Crippen molar-refractivity contribution in [2.75, 3.05) is 0 Å². The van der Waals surface area contributed by atoms with Crippen LogP contribution in [0, 0.1) is 11.3 Å². The zero-order valence-corrected chi connectivity index (χ0v) is 9.66. The molecule has 0 saturated heterocycles. The molecule has 0 spiro atoms. The van der Waals surface area contributed by atoms with Crippen molar-refractivity contribution < 1.29 is 4.74 Å². The van der Waals surface area contributed by atoms with Crippen LogP contribution in [-0.4, -0.2) is 5.60 Å². The molecule has 0 saturated carbocycles. The van der Waals surface area contributed by atoms with Crippen molar-refractivity contribution >= 4 is 6.08 Å². The average molecular weight is 213 g/mol. The number of nitrogens with zero attached hydrogens (tertiary/aromatic N) is 1. The molecule has 0 N–H and O–H groups in total. The fourth-order valence-corrected chi connectivity index (χ4v) is 1.97. The highest BCUT2D eigenvalue weighted by atomic mass is 16.5. The number of nitriles is 1. The van der Waals surface area contributed by atoms with Crippen molar-refractivity contribution in [1.29, 1.82) is 5.26 Å². The van der Waals surface area contributed by atoms with Crippen LogP contribution in [0.15, 0.2) is 24.3 Å². The van der Waals surface area contributed by atoms with Gasteiger partial charge < -0.3 is 4.74 Å². The third kappa shape index (κ3) is 1.69. The maximum Gasteiger partial charge on any atom is 0.127 e. The second kappa shape index (κ2) is 4.02. The van der Waals surface area contributed by atoms with Crippen LogP contribution in [-0.2, 0) is 0 Å². The summed E-state index contributed by atoms with van der Waals surface area (Å²) in [5.41, 5.74) is 1.50. The molecule has 82 valence electrons. The largest absolute Gasteiger partial charge is 0.483 e. The van der Waals surface area contributed by atoms with Crippen molar-refractivity contribution in [3.05, 3.63) is 35.4 Å². The molecule has 0 amide bonds. The van der Waals surface area contributed by atoms with Gasteiger partial charge in [0.15, 0.2) is 0 Å². The average Bonchev–Trinajstić information content (AvgIpc) is 2.37. The SMILES string of the molecule is CCC1(CC)C=Cc2cc(C#N)ccc2O1. The van der Waals surface area contributed by atoms with Crippen LogP contribution in [0.2, 0.25) is 0 Å². The van der Waals surface area contributed by atoms with Crippen molar-refractivity contribution in [2.24, 2.45) is 0 Å². The van der Waals surface area contributed by atoms with Crippen LogP contribution in [0.4, 0.5) is 0 Å². The lowest BCUT2D eigenvalue weighted by Gasteiger charge is -2.33. The summed E-state index contributed by atoms with van der Waals surface area (Å²) in [4.78, 5) is 0. The Morgan fingerprint density at radius 2 is 2.06 bits per heavy atom. The highest BCUT2D eigenvalue weighted by molar-refractivity contribution is 5.63. The van der Waals surface area contributed by atoms with E-state index in [4.69, 9.17) is 10.00 Å². The van der Waals surface area contributed by atoms with E-state index in [1.807, 2.05) is 12.1 Å². The molecule has 1 heterocycles. The van der Waals surface area contributed by atoms with E-state index >= 15 is 0 Å². The summed E-state index contributed by atoms with van der Waals surface area (Å²) in [5.74, 6) is 0.880. The van der Waals surface area contributed by atoms with E-state index in [1.54, 1.807) is 6.07 Å². The maximum absolute atomic E-state index is 8.82. The van der Waals surface area contributed by atoms with Crippen molar-refractivity contribution in [2.45, 2.75) is 32.3 Å². The highest BCUT2D eigenvalue weighted by Gasteiger charge is 2.28. The third-order valence-corrected chi connectivity index (χ3v) is 3.22. The van der Waals surface area contributed by atoms with E-state index in [0.717, 1.165) is 24.2 Å². The van der Waals surface area contributed by atoms with Gasteiger partial charge in [-0.3, -0.25) is 0 Å². The minimum Gasteiger partial charge on any atom is -0.483 e. The second-order valence-corrected chi connectivity index (χ2v) is 4.07. The van der Waals surface area contributed by atoms with Gasteiger partial charge in [-0.15, -0.1) is 0 Å². The second-order valence-electron chi connectivity index (χ2n) is 4.07. The molecule has 2 rings (SSSR count). The van der Waals surface area contributed by atoms with Gasteiger partial charge in [0.2, 0.25) is 0 Å². The molecule has 0 aliphatic carbocycles. The van der Waals surface area contributed by atoms with Gasteiger partial charge >= 0.3 is 0 Å². The van der Waals surface area contributed by atoms with Crippen molar-refractivity contribution in [3.8, 4) is 11.8 Å². The lowest BCUT2D eigenvalue weighted by atomic mass is 9.92. The van der Waals surface area contributed by atoms with E-state index in [0.29, 0.717) is 5.56 Å². The Balaban J connectivity index is 2.40. The van der Waals surface area contributed by atoms with Gasteiger partial charge in [-0.05, 0) is 37.1 Å². The number of fused-ring (bicyclic) bond motifs is 1. The van der Waals surface area contributed by atoms with Gasteiger partial charge in [-0.1, -0.05) is 19.9 Å². The van der Waals surface area contributed by atoms with Crippen LogP contribution < -0.4 is 4.74 Å². The first-order valence-electron chi connectivity index (χ1n) is 5.65. The molecular formula is C14H15NO. The summed E-state index contributed by atoms with van der Waals surface area (Å²) >= 11 is 0. The predicted molar refractivity (Wildman–Crippen MR) is 64.1 cm³/mol. The summed E-state index contributed by atoms with van der Waals surface area (Å²) in [7, 11) is 0. The fraction of sp³-hybridized carbons (Fsp3) is 0.357. The van der Waals surface area contributed by atoms with E-state index in [1.165, 1.54) is 0 Å². The number of hydrogen-bond acceptors (Lipinski definition) is 2. The Kier molecular flexibility index (Phi) is 2.70. The van der Waals surface area contributed by atoms with E-state index < -0.39 is 0 Å². The molecule has 0 atom stereocenters. The van der Waals surface area contributed by atoms with Gasteiger partial charge in [-0.25, -0.2) is 0 Å². The van der Waals surface area contributed by atoms with E-state index in [-0.39, 0.29) is 5.60 Å². The summed E-state index contributed by atoms with van der Waals surface area (Å²) in [5, 5.41) is 8.82. The molecule has 0 radical (unpaired) electrons. The molecule has 16 heavy (non-hydrogen) atoms. The van der Waals surface area contributed by atoms with Crippen molar-refractivity contribution in [1.82, 2.24) is 0 Å². The first kappa shape index (κ1) is 10.8. The summed E-state index contributed by atoms with van der Waals surface area (Å²) in [6.45, 7) is 4.25. The zero-order chi connectivity index (χ0) is 11.6. The standard InChI is InChI=1S/C14H15NO/c1-3-14(4-2)8-7-12-9-11(10-15)5-6-13(12)16-14/h5-9H,3-4H2,1-2H3. The van der Waals surface area contributed by atoms with Gasteiger partial charge in [0, 0.05) is 5.56 Å². The number of hydrogen-bond donors (Lipinski definition) is 0. The summed E-state index contributed by atoms with van der Waals surface area (Å²) in [6, 6.07) is 7.68. The molecule has 0 bridgehead atoms. The molecule has 1 aromatic carbocycles. The fourth-order valence-electron chi connectivity index (χ4n) is 1.97. The zero-order valence-electron chi connectivity index (χ0n) is 9.66. The Bertz CT molecular complexity index is 464. The topological polar surface area (TPSA) is 33.0 Å². The lowest BCUT2D eigenvalue weighted by molar-refractivity contribution is 0.108. The van der Waals surface area contributed by atoms with Gasteiger partial charge in [-0.2, -0.15) is 5.26 Å². The van der Waals surface area contributed by atoms with Gasteiger partial charge in [0.1, 0.15) is 11.4 Å². The number of benzene rings is 1. The lowest BCUT2D eigenvalue weighted by Crippen LogP contribution is -2.33. The molecule has 0 unspecified atom stereocenters. The smallest absolute Gasteiger partial charge is 0.127 e. The van der Waals surface area contributed by atoms with Gasteiger partial charge in [0.25, 0.3) is 0 Å². The Hall–Kier alpha value is -1.75. The minimum atomic E-state index is -0.166. The number of ether oxygens (including phenoxy) is 1. The van der Waals surface area contributed by atoms with Crippen LogP contribution in [0.1, 0.15) is 37.8 Å². The Morgan fingerprint density at radius 1 is 1.31 bits per heavy atom. The molecule has 1 aliphatic heterocycles. The molecular weight excluding hydrogens is 198 g/mol. The van der Waals surface area contributed by atoms with E-state index in [9.17, 15) is 0 Å². The Labute approximate surface area is 96.2 Å². The van der Waals surface area contributed by atoms with Crippen molar-refractivity contribution in [3.63, 3.8) is 0 Å². The van der Waals surface area contributed by atoms with Crippen LogP contribution in [0.5, 0.6) is 5.75 Å².